The molecule has 8 nitrogen and oxygen atoms in total. The van der Waals surface area contributed by atoms with Gasteiger partial charge < -0.3 is 4.74 Å². The predicted octanol–water partition coefficient (Wildman–Crippen LogP) is 2.14. The predicted molar refractivity (Wildman–Crippen MR) is 94.2 cm³/mol. The maximum atomic E-state index is 12.0. The number of amides is 2. The molecule has 0 bridgehead atoms. The summed E-state index contributed by atoms with van der Waals surface area (Å²) in [5.74, 6) is -0.980. The van der Waals surface area contributed by atoms with Crippen LogP contribution >= 0.6 is 0 Å². The fourth-order valence-corrected chi connectivity index (χ4v) is 2.15. The van der Waals surface area contributed by atoms with Crippen molar-refractivity contribution < 1.29 is 19.2 Å². The van der Waals surface area contributed by atoms with E-state index in [4.69, 9.17) is 4.74 Å². The number of nitrogens with one attached hydrogen (secondary N) is 2. The van der Waals surface area contributed by atoms with Crippen molar-refractivity contribution in [3.8, 4) is 5.75 Å². The molecule has 0 aliphatic carbocycles. The van der Waals surface area contributed by atoms with E-state index < -0.39 is 16.9 Å². The van der Waals surface area contributed by atoms with Crippen molar-refractivity contribution in [2.24, 2.45) is 0 Å². The quantitative estimate of drug-likeness (QED) is 0.583. The van der Waals surface area contributed by atoms with Crippen molar-refractivity contribution in [3.05, 3.63) is 70.3 Å². The summed E-state index contributed by atoms with van der Waals surface area (Å²) in [4.78, 5) is 34.1. The highest BCUT2D eigenvalue weighted by molar-refractivity contribution is 5.84. The topological polar surface area (TPSA) is 111 Å². The maximum Gasteiger partial charge on any atom is 0.310 e. The van der Waals surface area contributed by atoms with Crippen LogP contribution < -0.4 is 15.6 Å². The lowest BCUT2D eigenvalue weighted by molar-refractivity contribution is -0.386. The van der Waals surface area contributed by atoms with Gasteiger partial charge in [0, 0.05) is 12.5 Å². The zero-order valence-electron chi connectivity index (χ0n) is 14.2. The van der Waals surface area contributed by atoms with Gasteiger partial charge in [-0.3, -0.25) is 30.6 Å². The van der Waals surface area contributed by atoms with E-state index in [1.165, 1.54) is 25.1 Å². The van der Waals surface area contributed by atoms with Gasteiger partial charge in [0.25, 0.3) is 5.91 Å². The molecule has 0 spiro atoms. The lowest BCUT2D eigenvalue weighted by atomic mass is 10.1. The number of aryl methyl sites for hydroxylation is 1. The largest absolute Gasteiger partial charge is 0.474 e. The highest BCUT2D eigenvalue weighted by Crippen LogP contribution is 2.26. The fourth-order valence-electron chi connectivity index (χ4n) is 2.15. The number of hydrazine groups is 1. The number of nitro benzene ring substituents is 1. The first kappa shape index (κ1) is 18.9. The summed E-state index contributed by atoms with van der Waals surface area (Å²) in [6.45, 7) is 1.43. The lowest BCUT2D eigenvalue weighted by Gasteiger charge is -2.15. The number of carbonyl (C=O) groups is 2. The molecule has 136 valence electrons. The zero-order chi connectivity index (χ0) is 18.9. The first-order valence-corrected chi connectivity index (χ1v) is 8.00. The van der Waals surface area contributed by atoms with Crippen molar-refractivity contribution in [2.45, 2.75) is 25.9 Å². The molecule has 1 atom stereocenters. The third kappa shape index (κ3) is 5.59. The molecule has 0 heterocycles. The van der Waals surface area contributed by atoms with Crippen molar-refractivity contribution in [3.63, 3.8) is 0 Å². The molecule has 0 aromatic heterocycles. The second kappa shape index (κ2) is 9.16. The Morgan fingerprint density at radius 3 is 2.42 bits per heavy atom. The number of carbonyl (C=O) groups excluding carboxylic acids is 2. The molecule has 2 aromatic rings. The third-order valence-electron chi connectivity index (χ3n) is 3.54. The van der Waals surface area contributed by atoms with E-state index in [-0.39, 0.29) is 23.8 Å². The number of hydrogen-bond donors (Lipinski definition) is 2. The van der Waals surface area contributed by atoms with E-state index in [1.54, 1.807) is 6.07 Å². The Balaban J connectivity index is 1.80. The number of benzene rings is 2. The van der Waals surface area contributed by atoms with Crippen LogP contribution in [0.15, 0.2) is 54.6 Å². The Morgan fingerprint density at radius 2 is 1.73 bits per heavy atom. The van der Waals surface area contributed by atoms with E-state index in [0.717, 1.165) is 5.56 Å². The van der Waals surface area contributed by atoms with Gasteiger partial charge in [-0.2, -0.15) is 0 Å². The van der Waals surface area contributed by atoms with Gasteiger partial charge in [0.05, 0.1) is 4.92 Å². The van der Waals surface area contributed by atoms with E-state index in [0.29, 0.717) is 6.42 Å². The summed E-state index contributed by atoms with van der Waals surface area (Å²) < 4.78 is 5.33. The Bertz CT molecular complexity index is 779. The molecule has 0 fully saturated rings. The number of ether oxygens (including phenoxy) is 1. The molecule has 8 heteroatoms. The van der Waals surface area contributed by atoms with E-state index in [9.17, 15) is 19.7 Å². The van der Waals surface area contributed by atoms with Crippen molar-refractivity contribution >= 4 is 17.5 Å². The first-order chi connectivity index (χ1) is 12.5. The van der Waals surface area contributed by atoms with Crippen LogP contribution in [0.3, 0.4) is 0 Å². The Hall–Kier alpha value is -3.42. The number of rotatable bonds is 7. The number of nitrogens with zero attached hydrogens (tertiary/aromatic N) is 1. The number of para-hydroxylation sites is 2. The molecule has 2 rings (SSSR count). The molecule has 0 radical (unpaired) electrons. The fraction of sp³-hybridized carbons (Fsp3) is 0.222. The van der Waals surface area contributed by atoms with Crippen LogP contribution in [-0.4, -0.2) is 22.8 Å². The summed E-state index contributed by atoms with van der Waals surface area (Å²) in [6.07, 6.45) is -0.264. The monoisotopic (exact) mass is 357 g/mol. The zero-order valence-corrected chi connectivity index (χ0v) is 14.2. The summed E-state index contributed by atoms with van der Waals surface area (Å²) in [5.41, 5.74) is 5.34. The van der Waals surface area contributed by atoms with Gasteiger partial charge in [-0.15, -0.1) is 0 Å². The Kier molecular flexibility index (Phi) is 6.67. The normalized spacial score (nSPS) is 11.3. The smallest absolute Gasteiger partial charge is 0.310 e. The third-order valence-corrected chi connectivity index (χ3v) is 3.54. The lowest BCUT2D eigenvalue weighted by Crippen LogP contribution is -2.47. The summed E-state index contributed by atoms with van der Waals surface area (Å²) in [7, 11) is 0. The van der Waals surface area contributed by atoms with Gasteiger partial charge in [-0.1, -0.05) is 42.5 Å². The van der Waals surface area contributed by atoms with Crippen LogP contribution in [0.5, 0.6) is 5.75 Å². The molecule has 26 heavy (non-hydrogen) atoms. The summed E-state index contributed by atoms with van der Waals surface area (Å²) in [6, 6.07) is 15.2. The van der Waals surface area contributed by atoms with E-state index >= 15 is 0 Å². The molecular weight excluding hydrogens is 338 g/mol. The van der Waals surface area contributed by atoms with Crippen LogP contribution in [0, 0.1) is 10.1 Å². The van der Waals surface area contributed by atoms with Crippen molar-refractivity contribution in [2.75, 3.05) is 0 Å². The van der Waals surface area contributed by atoms with Crippen LogP contribution in [0.25, 0.3) is 0 Å². The molecule has 0 saturated carbocycles. The van der Waals surface area contributed by atoms with Crippen LogP contribution in [0.1, 0.15) is 18.9 Å². The van der Waals surface area contributed by atoms with Crippen molar-refractivity contribution in [1.82, 2.24) is 10.9 Å². The molecule has 2 N–H and O–H groups in total. The molecule has 2 amide bonds. The van der Waals surface area contributed by atoms with Gasteiger partial charge >= 0.3 is 5.69 Å². The molecule has 0 saturated heterocycles. The second-order valence-corrected chi connectivity index (χ2v) is 5.51. The van der Waals surface area contributed by atoms with Crippen LogP contribution in [0.4, 0.5) is 5.69 Å². The molecule has 0 aliphatic rings. The molecule has 2 aromatic carbocycles. The van der Waals surface area contributed by atoms with Crippen LogP contribution in [-0.2, 0) is 16.0 Å². The molecular formula is C18H19N3O5. The first-order valence-electron chi connectivity index (χ1n) is 8.00. The van der Waals surface area contributed by atoms with Gasteiger partial charge in [0.15, 0.2) is 11.9 Å². The molecule has 1 unspecified atom stereocenters. The van der Waals surface area contributed by atoms with Gasteiger partial charge in [0.2, 0.25) is 5.91 Å². The molecule has 0 aliphatic heterocycles. The van der Waals surface area contributed by atoms with Crippen molar-refractivity contribution in [1.29, 1.82) is 0 Å². The standard InChI is InChI=1S/C18H19N3O5/c1-13(26-16-10-6-5-9-15(16)21(24)25)18(23)20-19-17(22)12-11-14-7-3-2-4-8-14/h2-10,13H,11-12H2,1H3,(H,19,22)(H,20,23). The average Bonchev–Trinajstić information content (AvgIpc) is 2.65. The SMILES string of the molecule is CC(Oc1ccccc1[N+](=O)[O-])C(=O)NNC(=O)CCc1ccccc1. The Morgan fingerprint density at radius 1 is 1.08 bits per heavy atom. The highest BCUT2D eigenvalue weighted by atomic mass is 16.6. The number of hydrogen-bond acceptors (Lipinski definition) is 5. The van der Waals surface area contributed by atoms with Crippen LogP contribution in [0.2, 0.25) is 0 Å². The van der Waals surface area contributed by atoms with E-state index in [2.05, 4.69) is 10.9 Å². The Labute approximate surface area is 150 Å². The van der Waals surface area contributed by atoms with Gasteiger partial charge in [-0.05, 0) is 25.0 Å². The minimum absolute atomic E-state index is 0.0180. The minimum Gasteiger partial charge on any atom is -0.474 e. The van der Waals surface area contributed by atoms with Gasteiger partial charge in [-0.25, -0.2) is 0 Å². The number of nitro groups is 1. The summed E-state index contributed by atoms with van der Waals surface area (Å²) >= 11 is 0. The summed E-state index contributed by atoms with van der Waals surface area (Å²) in [5, 5.41) is 10.9. The maximum absolute atomic E-state index is 12.0. The highest BCUT2D eigenvalue weighted by Gasteiger charge is 2.20. The second-order valence-electron chi connectivity index (χ2n) is 5.51. The average molecular weight is 357 g/mol. The minimum atomic E-state index is -1.02. The van der Waals surface area contributed by atoms with Gasteiger partial charge in [0.1, 0.15) is 0 Å². The van der Waals surface area contributed by atoms with E-state index in [1.807, 2.05) is 30.3 Å².